The van der Waals surface area contributed by atoms with Crippen LogP contribution in [0.4, 0.5) is 0 Å². The Morgan fingerprint density at radius 3 is 0.833 bits per heavy atom. The van der Waals surface area contributed by atoms with Crippen molar-refractivity contribution in [2.24, 2.45) is 0 Å². The molecule has 9 aromatic carbocycles. The maximum absolute atomic E-state index is 8.96. The van der Waals surface area contributed by atoms with Crippen LogP contribution in [0, 0.1) is 10.8 Å². The van der Waals surface area contributed by atoms with E-state index in [0.29, 0.717) is 11.1 Å². The van der Waals surface area contributed by atoms with Gasteiger partial charge in [-0.05, 0) is 93.0 Å². The van der Waals surface area contributed by atoms with Crippen molar-refractivity contribution in [3.63, 3.8) is 0 Å². The van der Waals surface area contributed by atoms with Crippen LogP contribution < -0.4 is 0 Å². The van der Waals surface area contributed by atoms with E-state index in [2.05, 4.69) is 179 Å². The van der Waals surface area contributed by atoms with E-state index in [1.54, 1.807) is 0 Å². The van der Waals surface area contributed by atoms with E-state index >= 15 is 0 Å². The molecule has 0 aliphatic heterocycles. The number of nitrogens with zero attached hydrogens (tertiary/aromatic N) is 2. The van der Waals surface area contributed by atoms with Crippen molar-refractivity contribution < 1.29 is 0 Å². The monoisotopic (exact) mass is 766 g/mol. The molecule has 0 aliphatic rings. The topological polar surface area (TPSA) is 57.6 Å². The van der Waals surface area contributed by atoms with Crippen molar-refractivity contribution in [2.45, 2.75) is 0 Å². The average molecular weight is 767 g/mol. The Bertz CT molecular complexity index is 3090. The molecule has 0 spiro atoms. The molecule has 2 heterocycles. The van der Waals surface area contributed by atoms with Crippen molar-refractivity contribution in [2.75, 3.05) is 0 Å². The molecule has 0 amide bonds. The summed E-state index contributed by atoms with van der Waals surface area (Å²) in [6.45, 7) is 0. The molecule has 11 rings (SSSR count). The number of hydrogen-bond acceptors (Lipinski definition) is 2. The zero-order chi connectivity index (χ0) is 40.2. The third kappa shape index (κ3) is 5.46. The van der Waals surface area contributed by atoms with E-state index in [4.69, 9.17) is 10.8 Å². The van der Waals surface area contributed by atoms with Crippen molar-refractivity contribution >= 4 is 56.0 Å². The summed E-state index contributed by atoms with van der Waals surface area (Å²) in [5.41, 5.74) is 16.1. The lowest BCUT2D eigenvalue weighted by Gasteiger charge is -2.26. The van der Waals surface area contributed by atoms with Crippen LogP contribution in [0.5, 0.6) is 0 Å². The first kappa shape index (κ1) is 35.1. The van der Waals surface area contributed by atoms with Gasteiger partial charge in [-0.15, -0.1) is 0 Å². The first-order valence-corrected chi connectivity index (χ1v) is 20.3. The predicted molar refractivity (Wildman–Crippen MR) is 253 cm³/mol. The van der Waals surface area contributed by atoms with Gasteiger partial charge in [0.25, 0.3) is 0 Å². The molecule has 11 aromatic rings. The predicted octanol–water partition coefficient (Wildman–Crippen LogP) is 14.5. The molecule has 0 saturated heterocycles. The highest BCUT2D eigenvalue weighted by Crippen LogP contribution is 2.49. The molecule has 0 fully saturated rings. The van der Waals surface area contributed by atoms with Gasteiger partial charge < -0.3 is 20.0 Å². The number of aromatic nitrogens is 2. The lowest BCUT2D eigenvalue weighted by atomic mass is 9.77. The highest BCUT2D eigenvalue weighted by molar-refractivity contribution is 6.15. The van der Waals surface area contributed by atoms with Gasteiger partial charge in [0.15, 0.2) is 0 Å². The van der Waals surface area contributed by atoms with Gasteiger partial charge in [0.1, 0.15) is 0 Å². The summed E-state index contributed by atoms with van der Waals surface area (Å²) in [6.07, 6.45) is 2.86. The fraction of sp³-hybridized carbons (Fsp3) is 0. The van der Waals surface area contributed by atoms with E-state index < -0.39 is 0 Å². The van der Waals surface area contributed by atoms with Crippen LogP contribution in [-0.2, 0) is 0 Å². The van der Waals surface area contributed by atoms with Crippen molar-refractivity contribution in [3.05, 3.63) is 217 Å². The van der Waals surface area contributed by atoms with Gasteiger partial charge in [-0.25, -0.2) is 0 Å². The quantitative estimate of drug-likeness (QED) is 0.145. The summed E-state index contributed by atoms with van der Waals surface area (Å²) in [4.78, 5) is 0. The van der Waals surface area contributed by atoms with Gasteiger partial charge in [0.05, 0.1) is 22.1 Å². The highest BCUT2D eigenvalue weighted by atomic mass is 15.0. The van der Waals surface area contributed by atoms with Crippen LogP contribution >= 0.6 is 0 Å². The SMILES string of the molecule is N=Cc1c(C=N)c(-c2ccccc2)c(-c2ccc(-n3c4ccccc4c4ccccc43)cc2)c(-c2ccc(-n3c4ccccc4c4ccccc43)cc2)c1-c1ccccc1. The highest BCUT2D eigenvalue weighted by Gasteiger charge is 2.26. The second kappa shape index (κ2) is 14.4. The molecule has 0 bridgehead atoms. The number of fused-ring (bicyclic) bond motifs is 6. The molecule has 60 heavy (non-hydrogen) atoms. The fourth-order valence-electron chi connectivity index (χ4n) is 9.43. The van der Waals surface area contributed by atoms with E-state index in [1.165, 1.54) is 34.0 Å². The summed E-state index contributed by atoms with van der Waals surface area (Å²) in [5.74, 6) is 0. The van der Waals surface area contributed by atoms with Crippen molar-refractivity contribution in [3.8, 4) is 55.9 Å². The van der Waals surface area contributed by atoms with E-state index in [1.807, 2.05) is 36.4 Å². The van der Waals surface area contributed by atoms with Crippen LogP contribution in [0.3, 0.4) is 0 Å². The molecule has 0 saturated carbocycles. The third-order valence-electron chi connectivity index (χ3n) is 12.0. The summed E-state index contributed by atoms with van der Waals surface area (Å²) >= 11 is 0. The molecule has 4 heteroatoms. The van der Waals surface area contributed by atoms with E-state index in [-0.39, 0.29) is 0 Å². The Balaban J connectivity index is 1.20. The second-order valence-electron chi connectivity index (χ2n) is 15.2. The van der Waals surface area contributed by atoms with Crippen LogP contribution in [0.1, 0.15) is 11.1 Å². The minimum absolute atomic E-state index is 0.710. The number of nitrogens with one attached hydrogen (secondary N) is 2. The summed E-state index contributed by atoms with van der Waals surface area (Å²) in [6, 6.07) is 72.9. The maximum atomic E-state index is 8.96. The molecule has 0 atom stereocenters. The van der Waals surface area contributed by atoms with Crippen molar-refractivity contribution in [1.29, 1.82) is 10.8 Å². The van der Waals surface area contributed by atoms with Crippen LogP contribution in [0.15, 0.2) is 206 Å². The lowest BCUT2D eigenvalue weighted by molar-refractivity contribution is 1.18. The van der Waals surface area contributed by atoms with Crippen LogP contribution in [0.2, 0.25) is 0 Å². The van der Waals surface area contributed by atoms with Crippen LogP contribution in [0.25, 0.3) is 99.5 Å². The van der Waals surface area contributed by atoms with Gasteiger partial charge in [-0.3, -0.25) is 0 Å². The molecule has 4 nitrogen and oxygen atoms in total. The molecular formula is C56H38N4. The number of hydrogen-bond donors (Lipinski definition) is 2. The summed E-state index contributed by atoms with van der Waals surface area (Å²) < 4.78 is 4.69. The molecule has 2 N–H and O–H groups in total. The summed E-state index contributed by atoms with van der Waals surface area (Å²) in [5, 5.41) is 22.8. The van der Waals surface area contributed by atoms with Gasteiger partial charge in [-0.2, -0.15) is 0 Å². The van der Waals surface area contributed by atoms with Gasteiger partial charge in [0, 0.05) is 56.5 Å². The molecule has 0 radical (unpaired) electrons. The smallest absolute Gasteiger partial charge is 0.0541 e. The van der Waals surface area contributed by atoms with E-state index in [0.717, 1.165) is 77.9 Å². The Labute approximate surface area is 347 Å². The third-order valence-corrected chi connectivity index (χ3v) is 12.0. The number of benzene rings is 9. The Hall–Kier alpha value is -8.08. The van der Waals surface area contributed by atoms with Crippen molar-refractivity contribution in [1.82, 2.24) is 9.13 Å². The largest absolute Gasteiger partial charge is 0.309 e. The van der Waals surface area contributed by atoms with Gasteiger partial charge in [-0.1, -0.05) is 158 Å². The van der Waals surface area contributed by atoms with Gasteiger partial charge >= 0.3 is 0 Å². The first-order valence-electron chi connectivity index (χ1n) is 20.3. The normalized spacial score (nSPS) is 11.5. The average Bonchev–Trinajstić information content (AvgIpc) is 3.84. The Morgan fingerprint density at radius 2 is 0.533 bits per heavy atom. The zero-order valence-corrected chi connectivity index (χ0v) is 32.7. The second-order valence-corrected chi connectivity index (χ2v) is 15.2. The molecule has 2 aromatic heterocycles. The molecule has 0 aliphatic carbocycles. The van der Waals surface area contributed by atoms with E-state index in [9.17, 15) is 0 Å². The fourth-order valence-corrected chi connectivity index (χ4v) is 9.43. The maximum Gasteiger partial charge on any atom is 0.0541 e. The summed E-state index contributed by atoms with van der Waals surface area (Å²) in [7, 11) is 0. The Kier molecular flexibility index (Phi) is 8.42. The number of para-hydroxylation sites is 4. The lowest BCUT2D eigenvalue weighted by Crippen LogP contribution is -2.05. The van der Waals surface area contributed by atoms with Crippen LogP contribution in [-0.4, -0.2) is 21.6 Å². The zero-order valence-electron chi connectivity index (χ0n) is 32.7. The first-order chi connectivity index (χ1) is 29.7. The standard InChI is InChI=1S/C56H38N4/c57-35-47-48(36-58)54(38-17-5-2-6-18-38)56(40-29-33-42(34-30-40)60-51-25-13-9-21-45(51)46-22-10-14-26-52(46)60)55(53(47)37-15-3-1-4-16-37)39-27-31-41(32-28-39)59-49-23-11-7-19-43(49)44-20-8-12-24-50(44)59/h1-36,57-58H. The number of rotatable bonds is 8. The Morgan fingerprint density at radius 1 is 0.267 bits per heavy atom. The minimum Gasteiger partial charge on any atom is -0.309 e. The minimum atomic E-state index is 0.710. The van der Waals surface area contributed by atoms with Gasteiger partial charge in [0.2, 0.25) is 0 Å². The molecule has 0 unspecified atom stereocenters. The molecular weight excluding hydrogens is 729 g/mol. The molecule has 282 valence electrons.